The average Bonchev–Trinajstić information content (AvgIpc) is 2.61. The van der Waals surface area contributed by atoms with Crippen molar-refractivity contribution >= 4 is 17.6 Å². The fourth-order valence-electron chi connectivity index (χ4n) is 1.98. The first kappa shape index (κ1) is 17.5. The van der Waals surface area contributed by atoms with Crippen molar-refractivity contribution in [1.29, 1.82) is 0 Å². The van der Waals surface area contributed by atoms with Gasteiger partial charge in [-0.2, -0.15) is 0 Å². The van der Waals surface area contributed by atoms with Gasteiger partial charge in [0, 0.05) is 5.69 Å². The lowest BCUT2D eigenvalue weighted by molar-refractivity contribution is -0.118. The summed E-state index contributed by atoms with van der Waals surface area (Å²) in [6, 6.07) is 15.8. The number of benzene rings is 2. The van der Waals surface area contributed by atoms with E-state index in [2.05, 4.69) is 5.32 Å². The van der Waals surface area contributed by atoms with Crippen molar-refractivity contribution in [2.75, 3.05) is 18.5 Å². The molecule has 1 amide bonds. The lowest BCUT2D eigenvalue weighted by atomic mass is 10.2. The van der Waals surface area contributed by atoms with E-state index in [1.807, 2.05) is 25.1 Å². The summed E-state index contributed by atoms with van der Waals surface area (Å²) in [5, 5.41) is 2.70. The average molecular weight is 327 g/mol. The van der Waals surface area contributed by atoms with Crippen molar-refractivity contribution in [2.45, 2.75) is 19.8 Å². The van der Waals surface area contributed by atoms with Crippen LogP contribution in [0.25, 0.3) is 0 Å². The van der Waals surface area contributed by atoms with Gasteiger partial charge in [-0.15, -0.1) is 0 Å². The van der Waals surface area contributed by atoms with Gasteiger partial charge in [0.1, 0.15) is 5.75 Å². The Hall–Kier alpha value is -2.82. The molecule has 0 aliphatic carbocycles. The third kappa shape index (κ3) is 5.76. The molecule has 2 aromatic carbocycles. The van der Waals surface area contributed by atoms with Crippen molar-refractivity contribution in [1.82, 2.24) is 0 Å². The number of rotatable bonds is 8. The minimum Gasteiger partial charge on any atom is -0.484 e. The summed E-state index contributed by atoms with van der Waals surface area (Å²) in [5.41, 5.74) is 0.939. The number of para-hydroxylation sites is 1. The summed E-state index contributed by atoms with van der Waals surface area (Å²) in [7, 11) is 0. The molecule has 0 aliphatic rings. The first-order valence-corrected chi connectivity index (χ1v) is 7.94. The van der Waals surface area contributed by atoms with Crippen LogP contribution in [0.1, 0.15) is 30.1 Å². The molecule has 0 aromatic heterocycles. The predicted molar refractivity (Wildman–Crippen MR) is 92.2 cm³/mol. The van der Waals surface area contributed by atoms with Gasteiger partial charge in [0.05, 0.1) is 12.2 Å². The molecule has 0 atom stereocenters. The zero-order valence-electron chi connectivity index (χ0n) is 13.7. The van der Waals surface area contributed by atoms with E-state index in [1.54, 1.807) is 36.4 Å². The maximum Gasteiger partial charge on any atom is 0.338 e. The van der Waals surface area contributed by atoms with Crippen LogP contribution in [0.4, 0.5) is 5.69 Å². The maximum absolute atomic E-state index is 11.9. The van der Waals surface area contributed by atoms with E-state index in [4.69, 9.17) is 9.47 Å². The van der Waals surface area contributed by atoms with Crippen LogP contribution in [-0.4, -0.2) is 25.1 Å². The van der Waals surface area contributed by atoms with Crippen molar-refractivity contribution in [3.63, 3.8) is 0 Å². The third-order valence-electron chi connectivity index (χ3n) is 3.23. The molecule has 5 heteroatoms. The number of ether oxygens (including phenoxy) is 2. The monoisotopic (exact) mass is 327 g/mol. The lowest BCUT2D eigenvalue weighted by Crippen LogP contribution is -2.20. The Morgan fingerprint density at radius 2 is 1.83 bits per heavy atom. The lowest BCUT2D eigenvalue weighted by Gasteiger charge is -2.09. The van der Waals surface area contributed by atoms with E-state index in [0.717, 1.165) is 12.8 Å². The van der Waals surface area contributed by atoms with Gasteiger partial charge in [0.15, 0.2) is 6.61 Å². The molecular formula is C19H21NO4. The van der Waals surface area contributed by atoms with Gasteiger partial charge in [-0.1, -0.05) is 37.6 Å². The molecule has 2 rings (SSSR count). The molecular weight excluding hydrogens is 306 g/mol. The minimum absolute atomic E-state index is 0.102. The zero-order chi connectivity index (χ0) is 17.2. The topological polar surface area (TPSA) is 64.6 Å². The van der Waals surface area contributed by atoms with Crippen LogP contribution >= 0.6 is 0 Å². The van der Waals surface area contributed by atoms with Crippen LogP contribution in [0.15, 0.2) is 54.6 Å². The Balaban J connectivity index is 1.86. The summed E-state index contributed by atoms with van der Waals surface area (Å²) < 4.78 is 10.5. The smallest absolute Gasteiger partial charge is 0.338 e. The number of unbranched alkanes of at least 4 members (excludes halogenated alkanes) is 1. The molecule has 24 heavy (non-hydrogen) atoms. The van der Waals surface area contributed by atoms with Crippen LogP contribution in [0.5, 0.6) is 5.75 Å². The van der Waals surface area contributed by atoms with Crippen molar-refractivity contribution < 1.29 is 19.1 Å². The van der Waals surface area contributed by atoms with Crippen LogP contribution in [0.2, 0.25) is 0 Å². The first-order valence-electron chi connectivity index (χ1n) is 7.94. The summed E-state index contributed by atoms with van der Waals surface area (Å²) in [6.45, 7) is 2.33. The number of nitrogens with one attached hydrogen (secondary N) is 1. The number of hydrogen-bond acceptors (Lipinski definition) is 4. The van der Waals surface area contributed by atoms with Gasteiger partial charge >= 0.3 is 5.97 Å². The van der Waals surface area contributed by atoms with Crippen LogP contribution in [0.3, 0.4) is 0 Å². The number of amides is 1. The molecule has 0 aliphatic heterocycles. The standard InChI is InChI=1S/C19H21NO4/c1-2-3-12-23-19(22)15-8-7-9-16(13-15)20-18(21)14-24-17-10-5-4-6-11-17/h4-11,13H,2-3,12,14H2,1H3,(H,20,21). The number of anilines is 1. The normalized spacial score (nSPS) is 10.0. The molecule has 0 saturated heterocycles. The highest BCUT2D eigenvalue weighted by atomic mass is 16.5. The second kappa shape index (κ2) is 9.35. The molecule has 0 unspecified atom stereocenters. The molecule has 0 heterocycles. The number of carbonyl (C=O) groups is 2. The third-order valence-corrected chi connectivity index (χ3v) is 3.23. The van der Waals surface area contributed by atoms with E-state index in [9.17, 15) is 9.59 Å². The molecule has 0 spiro atoms. The predicted octanol–water partition coefficient (Wildman–Crippen LogP) is 3.66. The van der Waals surface area contributed by atoms with Crippen LogP contribution in [-0.2, 0) is 9.53 Å². The van der Waals surface area contributed by atoms with Crippen LogP contribution < -0.4 is 10.1 Å². The Kier molecular flexibility index (Phi) is 6.83. The Morgan fingerprint density at radius 3 is 2.58 bits per heavy atom. The van der Waals surface area contributed by atoms with E-state index in [-0.39, 0.29) is 18.5 Å². The first-order chi connectivity index (χ1) is 11.7. The second-order valence-electron chi connectivity index (χ2n) is 5.22. The minimum atomic E-state index is -0.389. The SMILES string of the molecule is CCCCOC(=O)c1cccc(NC(=O)COc2ccccc2)c1. The summed E-state index contributed by atoms with van der Waals surface area (Å²) in [5.74, 6) is -0.0589. The summed E-state index contributed by atoms with van der Waals surface area (Å²) in [6.07, 6.45) is 1.80. The molecule has 2 aromatic rings. The molecule has 0 saturated carbocycles. The summed E-state index contributed by atoms with van der Waals surface area (Å²) in [4.78, 5) is 23.8. The van der Waals surface area contributed by atoms with E-state index < -0.39 is 0 Å². The van der Waals surface area contributed by atoms with Gasteiger partial charge in [0.2, 0.25) is 0 Å². The van der Waals surface area contributed by atoms with Gasteiger partial charge < -0.3 is 14.8 Å². The highest BCUT2D eigenvalue weighted by Crippen LogP contribution is 2.13. The Labute approximate surface area is 141 Å². The van der Waals surface area contributed by atoms with Gasteiger partial charge in [0.25, 0.3) is 5.91 Å². The maximum atomic E-state index is 11.9. The van der Waals surface area contributed by atoms with E-state index in [1.165, 1.54) is 0 Å². The Bertz CT molecular complexity index is 670. The number of hydrogen-bond donors (Lipinski definition) is 1. The fourth-order valence-corrected chi connectivity index (χ4v) is 1.98. The van der Waals surface area contributed by atoms with Crippen molar-refractivity contribution in [2.24, 2.45) is 0 Å². The van der Waals surface area contributed by atoms with Gasteiger partial charge in [-0.3, -0.25) is 4.79 Å². The molecule has 0 fully saturated rings. The van der Waals surface area contributed by atoms with Crippen molar-refractivity contribution in [3.05, 3.63) is 60.2 Å². The highest BCUT2D eigenvalue weighted by molar-refractivity contribution is 5.95. The Morgan fingerprint density at radius 1 is 1.04 bits per heavy atom. The summed E-state index contributed by atoms with van der Waals surface area (Å²) >= 11 is 0. The molecule has 1 N–H and O–H groups in total. The molecule has 126 valence electrons. The van der Waals surface area contributed by atoms with Gasteiger partial charge in [-0.05, 0) is 36.8 Å². The highest BCUT2D eigenvalue weighted by Gasteiger charge is 2.09. The largest absolute Gasteiger partial charge is 0.484 e. The van der Waals surface area contributed by atoms with E-state index >= 15 is 0 Å². The molecule has 0 bridgehead atoms. The van der Waals surface area contributed by atoms with E-state index in [0.29, 0.717) is 23.6 Å². The van der Waals surface area contributed by atoms with Gasteiger partial charge in [-0.25, -0.2) is 4.79 Å². The number of esters is 1. The second-order valence-corrected chi connectivity index (χ2v) is 5.22. The number of carbonyl (C=O) groups excluding carboxylic acids is 2. The van der Waals surface area contributed by atoms with Crippen molar-refractivity contribution in [3.8, 4) is 5.75 Å². The molecule has 0 radical (unpaired) electrons. The van der Waals surface area contributed by atoms with Crippen LogP contribution in [0, 0.1) is 0 Å². The zero-order valence-corrected chi connectivity index (χ0v) is 13.7. The molecule has 5 nitrogen and oxygen atoms in total. The quantitative estimate of drug-likeness (QED) is 0.593. The fraction of sp³-hybridized carbons (Fsp3) is 0.263.